The van der Waals surface area contributed by atoms with Crippen LogP contribution in [0, 0.1) is 11.3 Å². The number of anilines is 2. The molecule has 0 unspecified atom stereocenters. The molecular formula is C18H13ClN8O2. The maximum absolute atomic E-state index is 13.2. The van der Waals surface area contributed by atoms with E-state index < -0.39 is 11.6 Å². The molecule has 0 aliphatic carbocycles. The van der Waals surface area contributed by atoms with Gasteiger partial charge in [0.05, 0.1) is 22.0 Å². The number of nitrogens with zero attached hydrogens (tertiary/aromatic N) is 6. The normalized spacial score (nSPS) is 11.9. The molecule has 0 saturated heterocycles. The fraction of sp³-hybridized carbons (Fsp3) is 0.111. The van der Waals surface area contributed by atoms with E-state index in [1.165, 1.54) is 23.2 Å². The summed E-state index contributed by atoms with van der Waals surface area (Å²) in [4.78, 5) is 25.7. The fourth-order valence-corrected chi connectivity index (χ4v) is 3.18. The molecule has 4 aromatic rings. The topological polar surface area (TPSA) is 149 Å². The minimum Gasteiger partial charge on any atom is -0.382 e. The molecule has 4 rings (SSSR count). The van der Waals surface area contributed by atoms with Gasteiger partial charge in [0, 0.05) is 6.07 Å². The second-order valence-electron chi connectivity index (χ2n) is 6.06. The van der Waals surface area contributed by atoms with Gasteiger partial charge in [0.2, 0.25) is 0 Å². The first-order valence-corrected chi connectivity index (χ1v) is 8.78. The Kier molecular flexibility index (Phi) is 4.58. The average molecular weight is 409 g/mol. The van der Waals surface area contributed by atoms with Gasteiger partial charge in [-0.05, 0) is 19.1 Å². The number of hydrogen-bond donors (Lipinski definition) is 2. The number of halogens is 1. The van der Waals surface area contributed by atoms with Crippen molar-refractivity contribution in [1.29, 1.82) is 5.26 Å². The van der Waals surface area contributed by atoms with Gasteiger partial charge in [-0.25, -0.2) is 19.5 Å². The molecule has 1 aromatic carbocycles. The van der Waals surface area contributed by atoms with E-state index in [4.69, 9.17) is 21.9 Å². The van der Waals surface area contributed by atoms with Crippen molar-refractivity contribution in [2.45, 2.75) is 13.0 Å². The number of fused-ring (bicyclic) bond motifs is 1. The lowest BCUT2D eigenvalue weighted by Crippen LogP contribution is -2.28. The smallest absolute Gasteiger partial charge is 0.268 e. The van der Waals surface area contributed by atoms with Crippen LogP contribution in [0.15, 0.2) is 46.2 Å². The molecule has 0 aliphatic rings. The van der Waals surface area contributed by atoms with Crippen LogP contribution in [0.5, 0.6) is 0 Å². The Balaban J connectivity index is 1.92. The molecule has 29 heavy (non-hydrogen) atoms. The van der Waals surface area contributed by atoms with Crippen LogP contribution in [0.25, 0.3) is 16.7 Å². The molecule has 1 atom stereocenters. The zero-order valence-corrected chi connectivity index (χ0v) is 15.8. The van der Waals surface area contributed by atoms with Gasteiger partial charge in [0.25, 0.3) is 5.56 Å². The van der Waals surface area contributed by atoms with E-state index in [2.05, 4.69) is 25.4 Å². The van der Waals surface area contributed by atoms with Gasteiger partial charge in [-0.2, -0.15) is 5.26 Å². The molecule has 0 bridgehead atoms. The van der Waals surface area contributed by atoms with E-state index in [-0.39, 0.29) is 33.4 Å². The first kappa shape index (κ1) is 18.4. The lowest BCUT2D eigenvalue weighted by atomic mass is 10.2. The molecule has 3 heterocycles. The molecule has 0 amide bonds. The summed E-state index contributed by atoms with van der Waals surface area (Å²) < 4.78 is 6.20. The molecule has 11 heteroatoms. The van der Waals surface area contributed by atoms with Crippen molar-refractivity contribution in [3.63, 3.8) is 0 Å². The largest absolute Gasteiger partial charge is 0.382 e. The van der Waals surface area contributed by atoms with Crippen LogP contribution in [0.1, 0.15) is 24.4 Å². The zero-order chi connectivity index (χ0) is 20.5. The molecule has 0 fully saturated rings. The van der Waals surface area contributed by atoms with Gasteiger partial charge in [-0.15, -0.1) is 0 Å². The van der Waals surface area contributed by atoms with Gasteiger partial charge in [-0.1, -0.05) is 22.8 Å². The highest BCUT2D eigenvalue weighted by molar-refractivity contribution is 6.35. The molecule has 0 aliphatic heterocycles. The Hall–Kier alpha value is -3.97. The molecule has 0 radical (unpaired) electrons. The Morgan fingerprint density at radius 3 is 2.90 bits per heavy atom. The highest BCUT2D eigenvalue weighted by Crippen LogP contribution is 2.25. The van der Waals surface area contributed by atoms with Crippen molar-refractivity contribution in [1.82, 2.24) is 24.7 Å². The number of hydrogen-bond acceptors (Lipinski definition) is 9. The van der Waals surface area contributed by atoms with Gasteiger partial charge in [-0.3, -0.25) is 4.79 Å². The summed E-state index contributed by atoms with van der Waals surface area (Å²) in [7, 11) is 0. The van der Waals surface area contributed by atoms with E-state index in [9.17, 15) is 10.1 Å². The van der Waals surface area contributed by atoms with Crippen LogP contribution in [0.4, 0.5) is 11.6 Å². The van der Waals surface area contributed by atoms with Crippen molar-refractivity contribution in [2.75, 3.05) is 11.1 Å². The van der Waals surface area contributed by atoms with Gasteiger partial charge >= 0.3 is 0 Å². The SMILES string of the molecule is C[C@@H](Nc1ncnc(N)c1C#N)c1nc2cccc(Cl)c2c(=O)n1-c1ccon1. The molecular weight excluding hydrogens is 396 g/mol. The lowest BCUT2D eigenvalue weighted by molar-refractivity contribution is 0.415. The highest BCUT2D eigenvalue weighted by Gasteiger charge is 2.22. The summed E-state index contributed by atoms with van der Waals surface area (Å²) in [5, 5.41) is 16.8. The number of aromatic nitrogens is 5. The monoisotopic (exact) mass is 408 g/mol. The minimum atomic E-state index is -0.566. The van der Waals surface area contributed by atoms with Crippen LogP contribution in [-0.2, 0) is 0 Å². The van der Waals surface area contributed by atoms with Gasteiger partial charge < -0.3 is 15.6 Å². The van der Waals surface area contributed by atoms with Crippen molar-refractivity contribution >= 4 is 34.1 Å². The number of benzene rings is 1. The lowest BCUT2D eigenvalue weighted by Gasteiger charge is -2.19. The average Bonchev–Trinajstić information content (AvgIpc) is 3.22. The molecule has 3 N–H and O–H groups in total. The molecule has 3 aromatic heterocycles. The summed E-state index contributed by atoms with van der Waals surface area (Å²) >= 11 is 6.23. The van der Waals surface area contributed by atoms with Crippen LogP contribution >= 0.6 is 11.6 Å². The van der Waals surface area contributed by atoms with Gasteiger partial charge in [0.15, 0.2) is 5.82 Å². The molecule has 0 saturated carbocycles. The van der Waals surface area contributed by atoms with Crippen LogP contribution in [0.3, 0.4) is 0 Å². The van der Waals surface area contributed by atoms with E-state index in [0.29, 0.717) is 11.3 Å². The zero-order valence-electron chi connectivity index (χ0n) is 15.0. The number of nitrogen functional groups attached to an aromatic ring is 1. The number of nitrogens with one attached hydrogen (secondary N) is 1. The third-order valence-electron chi connectivity index (χ3n) is 4.25. The standard InChI is InChI=1S/C18H13ClN8O2/c1-9(24-16-10(7-20)15(21)22-8-23-16)17-25-12-4-2-3-11(19)14(12)18(28)27(17)13-5-6-29-26-13/h2-6,8-9H,1H3,(H3,21,22,23,24)/t9-/m1/s1. The summed E-state index contributed by atoms with van der Waals surface area (Å²) in [6.07, 6.45) is 2.59. The second kappa shape index (κ2) is 7.21. The van der Waals surface area contributed by atoms with Crippen LogP contribution in [0.2, 0.25) is 5.02 Å². The predicted molar refractivity (Wildman–Crippen MR) is 106 cm³/mol. The van der Waals surface area contributed by atoms with E-state index in [1.807, 2.05) is 6.07 Å². The van der Waals surface area contributed by atoms with E-state index in [1.54, 1.807) is 25.1 Å². The third-order valence-corrected chi connectivity index (χ3v) is 4.57. The van der Waals surface area contributed by atoms with Gasteiger partial charge in [0.1, 0.15) is 41.7 Å². The fourth-order valence-electron chi connectivity index (χ4n) is 2.93. The Bertz CT molecular complexity index is 1310. The maximum atomic E-state index is 13.2. The van der Waals surface area contributed by atoms with Crippen molar-refractivity contribution in [3.8, 4) is 11.9 Å². The van der Waals surface area contributed by atoms with Crippen LogP contribution < -0.4 is 16.6 Å². The summed E-state index contributed by atoms with van der Waals surface area (Å²) in [5.74, 6) is 0.833. The first-order chi connectivity index (χ1) is 14.0. The summed E-state index contributed by atoms with van der Waals surface area (Å²) in [6.45, 7) is 1.76. The number of nitrogens with two attached hydrogens (primary N) is 1. The number of nitriles is 1. The van der Waals surface area contributed by atoms with Crippen molar-refractivity contribution in [3.05, 3.63) is 63.6 Å². The predicted octanol–water partition coefficient (Wildman–Crippen LogP) is 2.44. The summed E-state index contributed by atoms with van der Waals surface area (Å²) in [5.41, 5.74) is 5.87. The second-order valence-corrected chi connectivity index (χ2v) is 6.47. The molecule has 10 nitrogen and oxygen atoms in total. The third kappa shape index (κ3) is 3.13. The van der Waals surface area contributed by atoms with Crippen LogP contribution in [-0.4, -0.2) is 24.7 Å². The first-order valence-electron chi connectivity index (χ1n) is 8.40. The highest BCUT2D eigenvalue weighted by atomic mass is 35.5. The number of rotatable bonds is 4. The summed E-state index contributed by atoms with van der Waals surface area (Å²) in [6, 6.07) is 7.94. The molecule has 0 spiro atoms. The quantitative estimate of drug-likeness (QED) is 0.519. The van der Waals surface area contributed by atoms with E-state index >= 15 is 0 Å². The molecule has 144 valence electrons. The van der Waals surface area contributed by atoms with Crippen molar-refractivity contribution < 1.29 is 4.52 Å². The van der Waals surface area contributed by atoms with E-state index in [0.717, 1.165) is 0 Å². The Labute approximate surface area is 168 Å². The Morgan fingerprint density at radius 1 is 1.34 bits per heavy atom. The minimum absolute atomic E-state index is 0.0457. The maximum Gasteiger partial charge on any atom is 0.268 e. The van der Waals surface area contributed by atoms with Crippen molar-refractivity contribution in [2.24, 2.45) is 0 Å². The Morgan fingerprint density at radius 2 is 2.17 bits per heavy atom.